The Hall–Kier alpha value is -2.96. The van der Waals surface area contributed by atoms with Crippen LogP contribution in [0.4, 0.5) is 5.69 Å². The minimum absolute atomic E-state index is 0.227. The molecule has 0 saturated heterocycles. The number of benzene rings is 1. The van der Waals surface area contributed by atoms with E-state index in [2.05, 4.69) is 5.10 Å². The van der Waals surface area contributed by atoms with Crippen LogP contribution in [0.2, 0.25) is 0 Å². The number of hydrogen-bond donors (Lipinski definition) is 0. The standard InChI is InChI=1S/C20H23N3O4/c1-12-17(13(2)22(4)21-12)18(24)20(26)27-14(3)19(25)23-11-7-9-15-8-5-6-10-16(15)23/h5-6,8,10,14H,7,9,11H2,1-4H3. The monoisotopic (exact) mass is 369 g/mol. The first-order valence-electron chi connectivity index (χ1n) is 8.96. The summed E-state index contributed by atoms with van der Waals surface area (Å²) in [5.74, 6) is -2.15. The summed E-state index contributed by atoms with van der Waals surface area (Å²) in [7, 11) is 1.70. The highest BCUT2D eigenvalue weighted by Crippen LogP contribution is 2.27. The lowest BCUT2D eigenvalue weighted by atomic mass is 10.0. The Morgan fingerprint density at radius 1 is 1.19 bits per heavy atom. The van der Waals surface area contributed by atoms with Crippen LogP contribution in [0, 0.1) is 13.8 Å². The predicted octanol–water partition coefficient (Wildman–Crippen LogP) is 2.13. The van der Waals surface area contributed by atoms with Crippen molar-refractivity contribution in [3.05, 3.63) is 46.8 Å². The molecular weight excluding hydrogens is 346 g/mol. The number of fused-ring (bicyclic) bond motifs is 1. The highest BCUT2D eigenvalue weighted by atomic mass is 16.6. The van der Waals surface area contributed by atoms with Gasteiger partial charge in [0.05, 0.1) is 11.3 Å². The first-order chi connectivity index (χ1) is 12.8. The van der Waals surface area contributed by atoms with E-state index in [1.807, 2.05) is 24.3 Å². The molecule has 0 saturated carbocycles. The second kappa shape index (κ2) is 7.34. The quantitative estimate of drug-likeness (QED) is 0.468. The third kappa shape index (κ3) is 3.49. The first-order valence-corrected chi connectivity index (χ1v) is 8.96. The molecule has 0 spiro atoms. The Kier molecular flexibility index (Phi) is 5.12. The fourth-order valence-corrected chi connectivity index (χ4v) is 3.45. The number of rotatable bonds is 4. The van der Waals surface area contributed by atoms with Crippen LogP contribution < -0.4 is 4.90 Å². The average molecular weight is 369 g/mol. The molecule has 2 heterocycles. The van der Waals surface area contributed by atoms with Crippen LogP contribution >= 0.6 is 0 Å². The van der Waals surface area contributed by atoms with Gasteiger partial charge in [-0.15, -0.1) is 0 Å². The van der Waals surface area contributed by atoms with Crippen molar-refractivity contribution in [1.82, 2.24) is 9.78 Å². The molecule has 1 aliphatic rings. The van der Waals surface area contributed by atoms with Gasteiger partial charge in [0.1, 0.15) is 0 Å². The molecule has 2 aromatic rings. The molecule has 7 heteroatoms. The van der Waals surface area contributed by atoms with E-state index in [0.29, 0.717) is 17.9 Å². The van der Waals surface area contributed by atoms with E-state index in [1.165, 1.54) is 11.6 Å². The third-order valence-electron chi connectivity index (χ3n) is 4.93. The third-order valence-corrected chi connectivity index (χ3v) is 4.93. The maximum absolute atomic E-state index is 12.8. The van der Waals surface area contributed by atoms with Crippen LogP contribution in [0.15, 0.2) is 24.3 Å². The zero-order valence-electron chi connectivity index (χ0n) is 16.0. The number of amides is 1. The van der Waals surface area contributed by atoms with E-state index in [0.717, 1.165) is 24.1 Å². The highest BCUT2D eigenvalue weighted by Gasteiger charge is 2.32. The molecule has 27 heavy (non-hydrogen) atoms. The summed E-state index contributed by atoms with van der Waals surface area (Å²) < 4.78 is 6.74. The number of carbonyl (C=O) groups excluding carboxylic acids is 3. The molecule has 142 valence electrons. The first kappa shape index (κ1) is 18.8. The molecule has 1 aliphatic heterocycles. The molecule has 1 unspecified atom stereocenters. The van der Waals surface area contributed by atoms with Gasteiger partial charge in [-0.1, -0.05) is 18.2 Å². The number of carbonyl (C=O) groups is 3. The van der Waals surface area contributed by atoms with Crippen molar-refractivity contribution in [2.45, 2.75) is 39.7 Å². The van der Waals surface area contributed by atoms with E-state index < -0.39 is 17.9 Å². The summed E-state index contributed by atoms with van der Waals surface area (Å²) in [6.45, 7) is 5.42. The number of Topliss-reactive ketones (excluding diaryl/α,β-unsaturated/α-hetero) is 1. The number of nitrogens with zero attached hydrogens (tertiary/aromatic N) is 3. The molecular formula is C20H23N3O4. The van der Waals surface area contributed by atoms with Crippen LogP contribution in [0.25, 0.3) is 0 Å². The number of esters is 1. The summed E-state index contributed by atoms with van der Waals surface area (Å²) >= 11 is 0. The lowest BCUT2D eigenvalue weighted by Gasteiger charge is -2.31. The topological polar surface area (TPSA) is 81.5 Å². The summed E-state index contributed by atoms with van der Waals surface area (Å²) in [5, 5.41) is 4.14. The lowest BCUT2D eigenvalue weighted by molar-refractivity contribution is -0.149. The SMILES string of the molecule is Cc1nn(C)c(C)c1C(=O)C(=O)OC(C)C(=O)N1CCCc2ccccc21. The van der Waals surface area contributed by atoms with Crippen molar-refractivity contribution in [3.8, 4) is 0 Å². The largest absolute Gasteiger partial charge is 0.447 e. The van der Waals surface area contributed by atoms with Gasteiger partial charge in [0.15, 0.2) is 6.10 Å². The molecule has 0 bridgehead atoms. The molecule has 0 fully saturated rings. The van der Waals surface area contributed by atoms with E-state index in [-0.39, 0.29) is 11.5 Å². The second-order valence-corrected chi connectivity index (χ2v) is 6.77. The van der Waals surface area contributed by atoms with Gasteiger partial charge in [-0.05, 0) is 45.2 Å². The molecule has 1 atom stereocenters. The number of aromatic nitrogens is 2. The number of aryl methyl sites for hydroxylation is 3. The molecule has 0 aliphatic carbocycles. The Balaban J connectivity index is 1.73. The van der Waals surface area contributed by atoms with E-state index in [1.54, 1.807) is 25.8 Å². The van der Waals surface area contributed by atoms with Crippen molar-refractivity contribution in [2.75, 3.05) is 11.4 Å². The number of hydrogen-bond acceptors (Lipinski definition) is 5. The fourth-order valence-electron chi connectivity index (χ4n) is 3.45. The van der Waals surface area contributed by atoms with Gasteiger partial charge in [-0.2, -0.15) is 5.10 Å². The molecule has 1 aromatic heterocycles. The Morgan fingerprint density at radius 3 is 2.56 bits per heavy atom. The number of ketones is 1. The molecule has 1 aromatic carbocycles. The Morgan fingerprint density at radius 2 is 1.89 bits per heavy atom. The smallest absolute Gasteiger partial charge is 0.380 e. The Bertz CT molecular complexity index is 916. The normalized spacial score (nSPS) is 14.4. The van der Waals surface area contributed by atoms with Crippen molar-refractivity contribution < 1.29 is 19.1 Å². The number of para-hydroxylation sites is 1. The van der Waals surface area contributed by atoms with Gasteiger partial charge >= 0.3 is 5.97 Å². The van der Waals surface area contributed by atoms with E-state index in [4.69, 9.17) is 4.74 Å². The van der Waals surface area contributed by atoms with Gasteiger partial charge in [-0.25, -0.2) is 4.79 Å². The molecule has 0 N–H and O–H groups in total. The maximum atomic E-state index is 12.8. The van der Waals surface area contributed by atoms with Crippen molar-refractivity contribution >= 4 is 23.3 Å². The minimum Gasteiger partial charge on any atom is -0.447 e. The number of anilines is 1. The zero-order valence-corrected chi connectivity index (χ0v) is 16.0. The second-order valence-electron chi connectivity index (χ2n) is 6.77. The fraction of sp³-hybridized carbons (Fsp3) is 0.400. The van der Waals surface area contributed by atoms with Gasteiger partial charge in [0.25, 0.3) is 11.7 Å². The minimum atomic E-state index is -1.05. The lowest BCUT2D eigenvalue weighted by Crippen LogP contribution is -2.43. The van der Waals surface area contributed by atoms with Gasteiger partial charge < -0.3 is 9.64 Å². The van der Waals surface area contributed by atoms with Crippen molar-refractivity contribution in [2.24, 2.45) is 7.05 Å². The molecule has 3 rings (SSSR count). The maximum Gasteiger partial charge on any atom is 0.380 e. The van der Waals surface area contributed by atoms with Crippen molar-refractivity contribution in [1.29, 1.82) is 0 Å². The molecule has 7 nitrogen and oxygen atoms in total. The summed E-state index contributed by atoms with van der Waals surface area (Å²) in [4.78, 5) is 39.2. The number of ether oxygens (including phenoxy) is 1. The van der Waals surface area contributed by atoms with Crippen LogP contribution in [0.5, 0.6) is 0 Å². The predicted molar refractivity (Wildman–Crippen MR) is 99.7 cm³/mol. The van der Waals surface area contributed by atoms with Crippen molar-refractivity contribution in [3.63, 3.8) is 0 Å². The zero-order chi connectivity index (χ0) is 19.7. The Labute approximate surface area is 157 Å². The average Bonchev–Trinajstić information content (AvgIpc) is 2.91. The van der Waals surface area contributed by atoms with Gasteiger partial charge in [-0.3, -0.25) is 14.3 Å². The highest BCUT2D eigenvalue weighted by molar-refractivity contribution is 6.41. The molecule has 1 amide bonds. The van der Waals surface area contributed by atoms with Gasteiger partial charge in [0, 0.05) is 25.0 Å². The summed E-state index contributed by atoms with van der Waals surface area (Å²) in [5.41, 5.74) is 3.19. The summed E-state index contributed by atoms with van der Waals surface area (Å²) in [6.07, 6.45) is 0.702. The molecule has 0 radical (unpaired) electrons. The van der Waals surface area contributed by atoms with Crippen LogP contribution in [-0.2, 0) is 27.8 Å². The van der Waals surface area contributed by atoms with Crippen LogP contribution in [0.1, 0.15) is 40.7 Å². The van der Waals surface area contributed by atoms with Crippen LogP contribution in [0.3, 0.4) is 0 Å². The van der Waals surface area contributed by atoms with E-state index >= 15 is 0 Å². The van der Waals surface area contributed by atoms with Gasteiger partial charge in [0.2, 0.25) is 0 Å². The summed E-state index contributed by atoms with van der Waals surface area (Å²) in [6, 6.07) is 7.68. The van der Waals surface area contributed by atoms with Crippen LogP contribution in [-0.4, -0.2) is 40.1 Å². The van der Waals surface area contributed by atoms with E-state index in [9.17, 15) is 14.4 Å².